The number of hydrogen-bond acceptors (Lipinski definition) is 3. The Bertz CT molecular complexity index is 788. The summed E-state index contributed by atoms with van der Waals surface area (Å²) in [6.45, 7) is 3.55. The van der Waals surface area contributed by atoms with Crippen molar-refractivity contribution < 1.29 is 9.50 Å². The first kappa shape index (κ1) is 16.6. The molecule has 24 heavy (non-hydrogen) atoms. The molecule has 0 bridgehead atoms. The quantitative estimate of drug-likeness (QED) is 0.698. The van der Waals surface area contributed by atoms with Crippen LogP contribution >= 0.6 is 0 Å². The van der Waals surface area contributed by atoms with Crippen LogP contribution in [-0.4, -0.2) is 32.6 Å². The van der Waals surface area contributed by atoms with Crippen LogP contribution in [0.4, 0.5) is 4.39 Å². The molecule has 1 aromatic heterocycles. The molecule has 3 aromatic rings. The molecule has 1 atom stereocenters. The van der Waals surface area contributed by atoms with Gasteiger partial charge < -0.3 is 10.1 Å². The molecule has 0 amide bonds. The maximum absolute atomic E-state index is 13.8. The van der Waals surface area contributed by atoms with Gasteiger partial charge in [0.15, 0.2) is 5.82 Å². The lowest BCUT2D eigenvalue weighted by atomic mass is 10.1. The molecular weight excluding hydrogens is 305 g/mol. The smallest absolute Gasteiger partial charge is 0.151 e. The fourth-order valence-electron chi connectivity index (χ4n) is 2.87. The van der Waals surface area contributed by atoms with Crippen LogP contribution in [0, 0.1) is 5.82 Å². The highest BCUT2D eigenvalue weighted by Crippen LogP contribution is 2.18. The topological polar surface area (TPSA) is 52.1 Å². The van der Waals surface area contributed by atoms with Crippen molar-refractivity contribution in [2.24, 2.45) is 0 Å². The number of nitrogens with one attached hydrogen (secondary N) is 1. The van der Waals surface area contributed by atoms with Gasteiger partial charge in [-0.2, -0.15) is 0 Å². The van der Waals surface area contributed by atoms with Gasteiger partial charge in [-0.15, -0.1) is 0 Å². The number of aromatic nitrogens is 2. The van der Waals surface area contributed by atoms with Crippen molar-refractivity contribution >= 4 is 11.0 Å². The molecule has 0 radical (unpaired) electrons. The minimum absolute atomic E-state index is 0.140. The fraction of sp³-hybridized carbons (Fsp3) is 0.316. The van der Waals surface area contributed by atoms with Crippen molar-refractivity contribution in [3.8, 4) is 0 Å². The van der Waals surface area contributed by atoms with Crippen molar-refractivity contribution in [3.05, 3.63) is 65.7 Å². The van der Waals surface area contributed by atoms with Gasteiger partial charge in [-0.3, -0.25) is 4.90 Å². The summed E-state index contributed by atoms with van der Waals surface area (Å²) in [6.07, 6.45) is 0.682. The highest BCUT2D eigenvalue weighted by Gasteiger charge is 2.17. The van der Waals surface area contributed by atoms with Crippen molar-refractivity contribution in [1.29, 1.82) is 0 Å². The summed E-state index contributed by atoms with van der Waals surface area (Å²) in [5.41, 5.74) is 2.28. The Morgan fingerprint density at radius 2 is 1.92 bits per heavy atom. The van der Waals surface area contributed by atoms with Gasteiger partial charge in [0.1, 0.15) is 11.3 Å². The average molecular weight is 327 g/mol. The van der Waals surface area contributed by atoms with Gasteiger partial charge in [0, 0.05) is 19.2 Å². The summed E-state index contributed by atoms with van der Waals surface area (Å²) < 4.78 is 13.8. The van der Waals surface area contributed by atoms with E-state index in [0.29, 0.717) is 24.0 Å². The van der Waals surface area contributed by atoms with E-state index < -0.39 is 0 Å². The molecule has 0 fully saturated rings. The second kappa shape index (κ2) is 7.55. The molecule has 2 aromatic carbocycles. The molecule has 0 aliphatic heterocycles. The molecule has 0 saturated carbocycles. The molecule has 126 valence electrons. The molecule has 4 nitrogen and oxygen atoms in total. The number of imidazole rings is 1. The van der Waals surface area contributed by atoms with Crippen LogP contribution in [0.1, 0.15) is 24.7 Å². The van der Waals surface area contributed by atoms with E-state index in [-0.39, 0.29) is 18.5 Å². The number of aliphatic hydroxyl groups is 1. The third kappa shape index (κ3) is 3.80. The third-order valence-corrected chi connectivity index (χ3v) is 4.26. The van der Waals surface area contributed by atoms with E-state index >= 15 is 0 Å². The molecule has 3 rings (SSSR count). The molecular formula is C19H22FN3O. The van der Waals surface area contributed by atoms with Gasteiger partial charge in [-0.1, -0.05) is 36.4 Å². The van der Waals surface area contributed by atoms with Gasteiger partial charge in [-0.05, 0) is 31.0 Å². The highest BCUT2D eigenvalue weighted by atomic mass is 19.1. The van der Waals surface area contributed by atoms with Crippen LogP contribution in [0.5, 0.6) is 0 Å². The maximum atomic E-state index is 13.8. The summed E-state index contributed by atoms with van der Waals surface area (Å²) in [7, 11) is 0. The molecule has 1 heterocycles. The lowest BCUT2D eigenvalue weighted by Gasteiger charge is -2.28. The number of benzene rings is 2. The summed E-state index contributed by atoms with van der Waals surface area (Å²) in [6, 6.07) is 15.3. The number of aliphatic hydroxyl groups excluding tert-OH is 1. The summed E-state index contributed by atoms with van der Waals surface area (Å²) >= 11 is 0. The van der Waals surface area contributed by atoms with Crippen molar-refractivity contribution in [3.63, 3.8) is 0 Å². The molecule has 5 heteroatoms. The van der Waals surface area contributed by atoms with E-state index in [9.17, 15) is 9.50 Å². The number of H-pyrrole nitrogens is 1. The average Bonchev–Trinajstić information content (AvgIpc) is 2.99. The lowest BCUT2D eigenvalue weighted by Crippen LogP contribution is -2.33. The van der Waals surface area contributed by atoms with Gasteiger partial charge in [0.05, 0.1) is 12.1 Å². The molecule has 2 N–H and O–H groups in total. The Morgan fingerprint density at radius 1 is 1.12 bits per heavy atom. The van der Waals surface area contributed by atoms with Crippen LogP contribution in [0.3, 0.4) is 0 Å². The van der Waals surface area contributed by atoms with Crippen LogP contribution in [0.2, 0.25) is 0 Å². The van der Waals surface area contributed by atoms with E-state index in [0.717, 1.165) is 12.4 Å². The predicted molar refractivity (Wildman–Crippen MR) is 92.9 cm³/mol. The Kier molecular flexibility index (Phi) is 5.23. The minimum atomic E-state index is -0.312. The summed E-state index contributed by atoms with van der Waals surface area (Å²) in [5.74, 6) is 0.420. The number of rotatable bonds is 7. The van der Waals surface area contributed by atoms with Gasteiger partial charge in [0.2, 0.25) is 0 Å². The monoisotopic (exact) mass is 327 g/mol. The fourth-order valence-corrected chi connectivity index (χ4v) is 2.87. The normalized spacial score (nSPS) is 12.8. The van der Waals surface area contributed by atoms with E-state index in [1.54, 1.807) is 6.07 Å². The van der Waals surface area contributed by atoms with E-state index in [4.69, 9.17) is 0 Å². The zero-order valence-corrected chi connectivity index (χ0v) is 13.7. The molecule has 0 aliphatic rings. The number of aromatic amines is 1. The number of fused-ring (bicyclic) bond motifs is 1. The van der Waals surface area contributed by atoms with Gasteiger partial charge >= 0.3 is 0 Å². The third-order valence-electron chi connectivity index (χ3n) is 4.26. The van der Waals surface area contributed by atoms with Crippen molar-refractivity contribution in [2.75, 3.05) is 6.61 Å². The zero-order chi connectivity index (χ0) is 16.9. The molecule has 0 saturated heterocycles. The standard InChI is InChI=1S/C19H22FN3O/c1-14(10-11-24)23(12-15-6-3-2-4-7-15)13-18-21-17-9-5-8-16(20)19(17)22-18/h2-9,14,24H,10-13H2,1H3,(H,21,22). The first-order valence-corrected chi connectivity index (χ1v) is 8.19. The Labute approximate surface area is 141 Å². The molecule has 1 unspecified atom stereocenters. The van der Waals surface area contributed by atoms with Gasteiger partial charge in [-0.25, -0.2) is 9.37 Å². The van der Waals surface area contributed by atoms with Gasteiger partial charge in [0.25, 0.3) is 0 Å². The first-order valence-electron chi connectivity index (χ1n) is 8.19. The van der Waals surface area contributed by atoms with Crippen LogP contribution in [0.15, 0.2) is 48.5 Å². The summed E-state index contributed by atoms with van der Waals surface area (Å²) in [4.78, 5) is 9.83. The second-order valence-corrected chi connectivity index (χ2v) is 6.07. The summed E-state index contributed by atoms with van der Waals surface area (Å²) in [5, 5.41) is 9.27. The van der Waals surface area contributed by atoms with E-state index in [1.807, 2.05) is 24.3 Å². The number of para-hydroxylation sites is 1. The Hall–Kier alpha value is -2.24. The van der Waals surface area contributed by atoms with Crippen LogP contribution < -0.4 is 0 Å². The second-order valence-electron chi connectivity index (χ2n) is 6.07. The number of hydrogen-bond donors (Lipinski definition) is 2. The van der Waals surface area contributed by atoms with E-state index in [1.165, 1.54) is 11.6 Å². The highest BCUT2D eigenvalue weighted by molar-refractivity contribution is 5.75. The van der Waals surface area contributed by atoms with Crippen molar-refractivity contribution in [1.82, 2.24) is 14.9 Å². The van der Waals surface area contributed by atoms with E-state index in [2.05, 4.69) is 33.9 Å². The minimum Gasteiger partial charge on any atom is -0.396 e. The Morgan fingerprint density at radius 3 is 2.62 bits per heavy atom. The lowest BCUT2D eigenvalue weighted by molar-refractivity contribution is 0.150. The van der Waals surface area contributed by atoms with Crippen LogP contribution in [0.25, 0.3) is 11.0 Å². The first-order chi connectivity index (χ1) is 11.7. The largest absolute Gasteiger partial charge is 0.396 e. The molecule has 0 spiro atoms. The number of halogens is 1. The predicted octanol–water partition coefficient (Wildman–Crippen LogP) is 3.48. The van der Waals surface area contributed by atoms with Crippen molar-refractivity contribution in [2.45, 2.75) is 32.5 Å². The zero-order valence-electron chi connectivity index (χ0n) is 13.7. The SMILES string of the molecule is CC(CCO)N(Cc1ccccc1)Cc1nc2c(F)cccc2[nH]1. The molecule has 0 aliphatic carbocycles. The maximum Gasteiger partial charge on any atom is 0.151 e. The number of nitrogens with zero attached hydrogens (tertiary/aromatic N) is 2. The Balaban J connectivity index is 1.83. The van der Waals surface area contributed by atoms with Crippen LogP contribution in [-0.2, 0) is 13.1 Å².